The van der Waals surface area contributed by atoms with Crippen molar-refractivity contribution < 1.29 is 22.8 Å². The summed E-state index contributed by atoms with van der Waals surface area (Å²) >= 11 is 1.31. The summed E-state index contributed by atoms with van der Waals surface area (Å²) in [6, 6.07) is 9.23. The summed E-state index contributed by atoms with van der Waals surface area (Å²) in [4.78, 5) is 33.8. The van der Waals surface area contributed by atoms with Crippen LogP contribution >= 0.6 is 11.3 Å². The number of aromatic nitrogens is 1. The molecule has 5 nitrogen and oxygen atoms in total. The number of hydrogen-bond acceptors (Lipinski definition) is 4. The van der Waals surface area contributed by atoms with E-state index in [1.165, 1.54) is 34.4 Å². The number of carbonyl (C=O) groups excluding carboxylic acids is 2. The summed E-state index contributed by atoms with van der Waals surface area (Å²) in [6.45, 7) is 3.03. The molecule has 0 aliphatic carbocycles. The lowest BCUT2D eigenvalue weighted by Crippen LogP contribution is -2.50. The molecule has 2 amide bonds. The molecule has 0 spiro atoms. The minimum absolute atomic E-state index is 0.0763. The lowest BCUT2D eigenvalue weighted by atomic mass is 10.1. The van der Waals surface area contributed by atoms with Crippen LogP contribution in [0, 0.1) is 24.4 Å². The van der Waals surface area contributed by atoms with Gasteiger partial charge in [0.1, 0.15) is 10.7 Å². The second-order valence-electron chi connectivity index (χ2n) is 7.54. The summed E-state index contributed by atoms with van der Waals surface area (Å²) in [6.07, 6.45) is 0.509. The van der Waals surface area contributed by atoms with Gasteiger partial charge in [0, 0.05) is 38.2 Å². The summed E-state index contributed by atoms with van der Waals surface area (Å²) in [5.74, 6) is -2.92. The van der Waals surface area contributed by atoms with Gasteiger partial charge in [0.2, 0.25) is 0 Å². The lowest BCUT2D eigenvalue weighted by molar-refractivity contribution is 0.0537. The highest BCUT2D eigenvalue weighted by Gasteiger charge is 2.28. The molecule has 166 valence electrons. The number of thiazole rings is 1. The van der Waals surface area contributed by atoms with Gasteiger partial charge in [0.25, 0.3) is 11.8 Å². The van der Waals surface area contributed by atoms with Crippen LogP contribution in [0.2, 0.25) is 0 Å². The number of hydrogen-bond donors (Lipinski definition) is 0. The van der Waals surface area contributed by atoms with Gasteiger partial charge in [0.05, 0.1) is 10.7 Å². The van der Waals surface area contributed by atoms with Crippen LogP contribution in [-0.2, 0) is 6.42 Å². The first-order valence-corrected chi connectivity index (χ1v) is 10.9. The average Bonchev–Trinajstić information content (AvgIpc) is 3.16. The molecule has 3 aromatic rings. The second kappa shape index (κ2) is 9.12. The van der Waals surface area contributed by atoms with Crippen LogP contribution in [0.25, 0.3) is 0 Å². The van der Waals surface area contributed by atoms with Crippen LogP contribution in [0.1, 0.15) is 36.3 Å². The fourth-order valence-corrected chi connectivity index (χ4v) is 4.64. The van der Waals surface area contributed by atoms with Gasteiger partial charge in [-0.2, -0.15) is 0 Å². The maximum atomic E-state index is 13.4. The Hall–Kier alpha value is -3.20. The number of piperazine rings is 1. The summed E-state index contributed by atoms with van der Waals surface area (Å²) in [7, 11) is 0. The highest BCUT2D eigenvalue weighted by Crippen LogP contribution is 2.23. The maximum Gasteiger partial charge on any atom is 0.265 e. The zero-order valence-corrected chi connectivity index (χ0v) is 18.1. The zero-order chi connectivity index (χ0) is 22.8. The molecule has 0 saturated carbocycles. The predicted octanol–water partition coefficient (Wildman–Crippen LogP) is 4.06. The van der Waals surface area contributed by atoms with E-state index in [1.54, 1.807) is 24.0 Å². The number of benzene rings is 2. The third-order valence-corrected chi connectivity index (χ3v) is 6.47. The van der Waals surface area contributed by atoms with Crippen LogP contribution in [-0.4, -0.2) is 52.8 Å². The van der Waals surface area contributed by atoms with Gasteiger partial charge in [-0.05, 0) is 42.8 Å². The normalized spacial score (nSPS) is 14.0. The van der Waals surface area contributed by atoms with E-state index in [1.807, 2.05) is 0 Å². The smallest absolute Gasteiger partial charge is 0.265 e. The molecule has 4 rings (SSSR count). The molecule has 0 bridgehead atoms. The first-order valence-electron chi connectivity index (χ1n) is 10.1. The molecule has 9 heteroatoms. The maximum absolute atomic E-state index is 13.4. The fraction of sp³-hybridized carbons (Fsp3) is 0.261. The fourth-order valence-electron chi connectivity index (χ4n) is 3.57. The standard InChI is InChI=1S/C23H20F3N3O2S/c1-14-21(32-20(27-14)12-15-2-5-17(24)6-3-15)23(31)29-10-8-28(9-11-29)22(30)16-4-7-18(25)19(26)13-16/h2-7,13H,8-12H2,1H3. The first-order chi connectivity index (χ1) is 15.3. The first kappa shape index (κ1) is 22.0. The number of halogens is 3. The van der Waals surface area contributed by atoms with E-state index >= 15 is 0 Å². The predicted molar refractivity (Wildman–Crippen MR) is 114 cm³/mol. The molecule has 0 radical (unpaired) electrons. The average molecular weight is 459 g/mol. The molecule has 1 aromatic heterocycles. The zero-order valence-electron chi connectivity index (χ0n) is 17.3. The Bertz CT molecular complexity index is 1160. The van der Waals surface area contributed by atoms with Crippen molar-refractivity contribution in [2.24, 2.45) is 0 Å². The van der Waals surface area contributed by atoms with Crippen LogP contribution in [0.5, 0.6) is 0 Å². The van der Waals surface area contributed by atoms with Crippen molar-refractivity contribution in [1.29, 1.82) is 0 Å². The van der Waals surface area contributed by atoms with Crippen LogP contribution in [0.15, 0.2) is 42.5 Å². The SMILES string of the molecule is Cc1nc(Cc2ccc(F)cc2)sc1C(=O)N1CCN(C(=O)c2ccc(F)c(F)c2)CC1. The number of aryl methyl sites for hydroxylation is 1. The number of nitrogens with zero attached hydrogens (tertiary/aromatic N) is 3. The minimum Gasteiger partial charge on any atom is -0.335 e. The monoisotopic (exact) mass is 459 g/mol. The Kier molecular flexibility index (Phi) is 6.27. The van der Waals surface area contributed by atoms with Crippen molar-refractivity contribution in [3.05, 3.63) is 86.6 Å². The van der Waals surface area contributed by atoms with E-state index in [0.717, 1.165) is 22.7 Å². The van der Waals surface area contributed by atoms with Gasteiger partial charge in [-0.25, -0.2) is 18.2 Å². The minimum atomic E-state index is -1.07. The summed E-state index contributed by atoms with van der Waals surface area (Å²) in [5, 5.41) is 0.768. The van der Waals surface area contributed by atoms with Crippen molar-refractivity contribution in [3.63, 3.8) is 0 Å². The molecular formula is C23H20F3N3O2S. The van der Waals surface area contributed by atoms with Crippen molar-refractivity contribution in [3.8, 4) is 0 Å². The lowest BCUT2D eigenvalue weighted by Gasteiger charge is -2.34. The molecule has 1 fully saturated rings. The van der Waals surface area contributed by atoms with Crippen LogP contribution in [0.3, 0.4) is 0 Å². The van der Waals surface area contributed by atoms with Crippen LogP contribution in [0.4, 0.5) is 13.2 Å². The Morgan fingerprint density at radius 1 is 0.906 bits per heavy atom. The van der Waals surface area contributed by atoms with E-state index in [9.17, 15) is 22.8 Å². The van der Waals surface area contributed by atoms with Gasteiger partial charge in [-0.3, -0.25) is 9.59 Å². The van der Waals surface area contributed by atoms with Crippen molar-refractivity contribution in [2.75, 3.05) is 26.2 Å². The molecule has 1 aliphatic rings. The van der Waals surface area contributed by atoms with Crippen molar-refractivity contribution in [1.82, 2.24) is 14.8 Å². The Morgan fingerprint density at radius 3 is 2.16 bits per heavy atom. The summed E-state index contributed by atoms with van der Waals surface area (Å²) in [5.41, 5.74) is 1.62. The molecule has 2 aromatic carbocycles. The van der Waals surface area contributed by atoms with Crippen molar-refractivity contribution >= 4 is 23.2 Å². The molecule has 0 unspecified atom stereocenters. The van der Waals surface area contributed by atoms with Crippen molar-refractivity contribution in [2.45, 2.75) is 13.3 Å². The highest BCUT2D eigenvalue weighted by atomic mass is 32.1. The van der Waals surface area contributed by atoms with Gasteiger partial charge in [-0.1, -0.05) is 12.1 Å². The molecule has 32 heavy (non-hydrogen) atoms. The Morgan fingerprint density at radius 2 is 1.53 bits per heavy atom. The van der Waals surface area contributed by atoms with Gasteiger partial charge < -0.3 is 9.80 Å². The topological polar surface area (TPSA) is 53.5 Å². The molecule has 0 atom stereocenters. The number of carbonyl (C=O) groups is 2. The molecular weight excluding hydrogens is 439 g/mol. The van der Waals surface area contributed by atoms with E-state index in [0.29, 0.717) is 43.2 Å². The largest absolute Gasteiger partial charge is 0.335 e. The van der Waals surface area contributed by atoms with Gasteiger partial charge in [-0.15, -0.1) is 11.3 Å². The number of amides is 2. The quantitative estimate of drug-likeness (QED) is 0.592. The Labute approximate surface area is 187 Å². The summed E-state index contributed by atoms with van der Waals surface area (Å²) < 4.78 is 39.6. The van der Waals surface area contributed by atoms with Gasteiger partial charge in [0.15, 0.2) is 11.6 Å². The van der Waals surface area contributed by atoms with E-state index in [4.69, 9.17) is 0 Å². The van der Waals surface area contributed by atoms with E-state index < -0.39 is 17.5 Å². The second-order valence-corrected chi connectivity index (χ2v) is 8.62. The van der Waals surface area contributed by atoms with E-state index in [-0.39, 0.29) is 17.3 Å². The molecule has 1 saturated heterocycles. The molecule has 2 heterocycles. The Balaban J connectivity index is 1.39. The van der Waals surface area contributed by atoms with Gasteiger partial charge >= 0.3 is 0 Å². The third-order valence-electron chi connectivity index (χ3n) is 5.32. The molecule has 0 N–H and O–H groups in total. The van der Waals surface area contributed by atoms with E-state index in [2.05, 4.69) is 4.98 Å². The number of rotatable bonds is 4. The van der Waals surface area contributed by atoms with Crippen LogP contribution < -0.4 is 0 Å². The molecule has 1 aliphatic heterocycles. The highest BCUT2D eigenvalue weighted by molar-refractivity contribution is 7.13. The third kappa shape index (κ3) is 4.67.